The van der Waals surface area contributed by atoms with E-state index in [1.54, 1.807) is 24.3 Å². The Bertz CT molecular complexity index is 445. The molecule has 0 aliphatic carbocycles. The van der Waals surface area contributed by atoms with Gasteiger partial charge in [0, 0.05) is 18.7 Å². The Morgan fingerprint density at radius 3 is 2.88 bits per heavy atom. The van der Waals surface area contributed by atoms with Gasteiger partial charge in [0.15, 0.2) is 0 Å². The summed E-state index contributed by atoms with van der Waals surface area (Å²) < 4.78 is 0. The lowest BCUT2D eigenvalue weighted by atomic mass is 10.1. The Morgan fingerprint density at radius 1 is 1.41 bits per heavy atom. The van der Waals surface area contributed by atoms with Crippen LogP contribution in [-0.4, -0.2) is 41.5 Å². The highest BCUT2D eigenvalue weighted by molar-refractivity contribution is 5.87. The first-order valence-corrected chi connectivity index (χ1v) is 5.48. The maximum atomic E-state index is 11.9. The summed E-state index contributed by atoms with van der Waals surface area (Å²) in [6.07, 6.45) is 0.125. The third-order valence-corrected chi connectivity index (χ3v) is 2.72. The predicted molar refractivity (Wildman–Crippen MR) is 61.4 cm³/mol. The van der Waals surface area contributed by atoms with Crippen LogP contribution in [0, 0.1) is 0 Å². The van der Waals surface area contributed by atoms with E-state index in [1.165, 1.54) is 4.90 Å². The van der Waals surface area contributed by atoms with Gasteiger partial charge >= 0.3 is 0 Å². The number of aromatic hydroxyl groups is 1. The molecule has 1 aromatic rings. The van der Waals surface area contributed by atoms with Crippen molar-refractivity contribution in [2.45, 2.75) is 6.42 Å². The van der Waals surface area contributed by atoms with Gasteiger partial charge in [-0.3, -0.25) is 9.59 Å². The minimum absolute atomic E-state index is 0.104. The van der Waals surface area contributed by atoms with E-state index in [4.69, 9.17) is 0 Å². The van der Waals surface area contributed by atoms with Crippen LogP contribution in [0.2, 0.25) is 0 Å². The highest BCUT2D eigenvalue weighted by Gasteiger charge is 2.21. The van der Waals surface area contributed by atoms with Gasteiger partial charge in [-0.2, -0.15) is 0 Å². The highest BCUT2D eigenvalue weighted by Crippen LogP contribution is 2.16. The molecule has 1 fully saturated rings. The molecule has 1 aliphatic rings. The molecule has 0 radical (unpaired) electrons. The van der Waals surface area contributed by atoms with E-state index in [9.17, 15) is 14.7 Å². The summed E-state index contributed by atoms with van der Waals surface area (Å²) >= 11 is 0. The summed E-state index contributed by atoms with van der Waals surface area (Å²) in [5.74, 6) is -0.162. The van der Waals surface area contributed by atoms with E-state index in [0.717, 1.165) is 0 Å². The number of benzene rings is 1. The lowest BCUT2D eigenvalue weighted by molar-refractivity contribution is -0.137. The number of rotatable bonds is 2. The maximum absolute atomic E-state index is 11.9. The van der Waals surface area contributed by atoms with E-state index < -0.39 is 0 Å². The van der Waals surface area contributed by atoms with Crippen molar-refractivity contribution in [1.82, 2.24) is 10.2 Å². The van der Waals surface area contributed by atoms with Crippen LogP contribution in [0.5, 0.6) is 5.75 Å². The number of carbonyl (C=O) groups is 2. The molecule has 2 N–H and O–H groups in total. The Balaban J connectivity index is 2.02. The standard InChI is InChI=1S/C12H14N2O3/c15-10-4-2-1-3-9(10)7-12(17)14-6-5-13-11(16)8-14/h1-4,15H,5-8H2,(H,13,16). The van der Waals surface area contributed by atoms with Crippen molar-refractivity contribution < 1.29 is 14.7 Å². The first-order chi connectivity index (χ1) is 8.16. The first kappa shape index (κ1) is 11.4. The molecule has 90 valence electrons. The number of hydrogen-bond acceptors (Lipinski definition) is 3. The summed E-state index contributed by atoms with van der Waals surface area (Å²) in [6, 6.07) is 6.73. The fraction of sp³-hybridized carbons (Fsp3) is 0.333. The van der Waals surface area contributed by atoms with E-state index in [2.05, 4.69) is 5.32 Å². The van der Waals surface area contributed by atoms with Crippen molar-refractivity contribution in [3.8, 4) is 5.75 Å². The smallest absolute Gasteiger partial charge is 0.239 e. The molecule has 0 saturated carbocycles. The summed E-state index contributed by atoms with van der Waals surface area (Å²) in [4.78, 5) is 24.5. The average Bonchev–Trinajstić information content (AvgIpc) is 2.32. The molecule has 5 heteroatoms. The van der Waals surface area contributed by atoms with Gasteiger partial charge in [-0.05, 0) is 6.07 Å². The zero-order chi connectivity index (χ0) is 12.3. The molecule has 0 unspecified atom stereocenters. The van der Waals surface area contributed by atoms with Gasteiger partial charge in [-0.15, -0.1) is 0 Å². The van der Waals surface area contributed by atoms with E-state index in [0.29, 0.717) is 18.7 Å². The normalized spacial score (nSPS) is 15.5. The first-order valence-electron chi connectivity index (χ1n) is 5.48. The third kappa shape index (κ3) is 2.75. The minimum Gasteiger partial charge on any atom is -0.508 e. The van der Waals surface area contributed by atoms with Gasteiger partial charge in [0.2, 0.25) is 11.8 Å². The van der Waals surface area contributed by atoms with Gasteiger partial charge in [-0.1, -0.05) is 18.2 Å². The van der Waals surface area contributed by atoms with Gasteiger partial charge in [-0.25, -0.2) is 0 Å². The van der Waals surface area contributed by atoms with Crippen LogP contribution in [0.15, 0.2) is 24.3 Å². The number of piperazine rings is 1. The third-order valence-electron chi connectivity index (χ3n) is 2.72. The van der Waals surface area contributed by atoms with Crippen molar-refractivity contribution in [3.05, 3.63) is 29.8 Å². The summed E-state index contributed by atoms with van der Waals surface area (Å²) in [5.41, 5.74) is 0.587. The molecule has 1 aliphatic heterocycles. The van der Waals surface area contributed by atoms with Crippen LogP contribution in [-0.2, 0) is 16.0 Å². The molecular weight excluding hydrogens is 220 g/mol. The molecule has 0 spiro atoms. The molecule has 0 atom stereocenters. The van der Waals surface area contributed by atoms with Crippen molar-refractivity contribution >= 4 is 11.8 Å². The molecule has 1 heterocycles. The zero-order valence-corrected chi connectivity index (χ0v) is 9.35. The largest absolute Gasteiger partial charge is 0.508 e. The van der Waals surface area contributed by atoms with Crippen LogP contribution in [0.3, 0.4) is 0 Å². The number of nitrogens with zero attached hydrogens (tertiary/aromatic N) is 1. The molecule has 0 aromatic heterocycles. The van der Waals surface area contributed by atoms with E-state index >= 15 is 0 Å². The average molecular weight is 234 g/mol. The topological polar surface area (TPSA) is 69.6 Å². The lowest BCUT2D eigenvalue weighted by Gasteiger charge is -2.26. The fourth-order valence-electron chi connectivity index (χ4n) is 1.79. The number of nitrogens with one attached hydrogen (secondary N) is 1. The van der Waals surface area contributed by atoms with Crippen molar-refractivity contribution in [2.75, 3.05) is 19.6 Å². The van der Waals surface area contributed by atoms with Gasteiger partial charge in [0.1, 0.15) is 5.75 Å². The highest BCUT2D eigenvalue weighted by atomic mass is 16.3. The van der Waals surface area contributed by atoms with E-state index in [-0.39, 0.29) is 30.5 Å². The molecule has 2 amide bonds. The Kier molecular flexibility index (Phi) is 3.27. The van der Waals surface area contributed by atoms with Crippen molar-refractivity contribution in [3.63, 3.8) is 0 Å². The van der Waals surface area contributed by atoms with Crippen molar-refractivity contribution in [2.24, 2.45) is 0 Å². The van der Waals surface area contributed by atoms with E-state index in [1.807, 2.05) is 0 Å². The van der Waals surface area contributed by atoms with Crippen LogP contribution in [0.4, 0.5) is 0 Å². The molecule has 17 heavy (non-hydrogen) atoms. The Labute approximate surface area is 99.0 Å². The SMILES string of the molecule is O=C1CN(C(=O)Cc2ccccc2O)CCN1. The zero-order valence-electron chi connectivity index (χ0n) is 9.35. The number of carbonyl (C=O) groups excluding carboxylic acids is 2. The number of para-hydroxylation sites is 1. The van der Waals surface area contributed by atoms with Crippen LogP contribution >= 0.6 is 0 Å². The fourth-order valence-corrected chi connectivity index (χ4v) is 1.79. The Morgan fingerprint density at radius 2 is 2.18 bits per heavy atom. The molecule has 1 aromatic carbocycles. The summed E-state index contributed by atoms with van der Waals surface area (Å²) in [7, 11) is 0. The molecular formula is C12H14N2O3. The maximum Gasteiger partial charge on any atom is 0.239 e. The Hall–Kier alpha value is -2.04. The quantitative estimate of drug-likeness (QED) is 0.750. The monoisotopic (exact) mass is 234 g/mol. The van der Waals surface area contributed by atoms with Crippen LogP contribution in [0.25, 0.3) is 0 Å². The second kappa shape index (κ2) is 4.86. The van der Waals surface area contributed by atoms with Gasteiger partial charge in [0.05, 0.1) is 13.0 Å². The van der Waals surface area contributed by atoms with Gasteiger partial charge in [0.25, 0.3) is 0 Å². The summed E-state index contributed by atoms with van der Waals surface area (Å²) in [5, 5.41) is 12.2. The van der Waals surface area contributed by atoms with Crippen molar-refractivity contribution in [1.29, 1.82) is 0 Å². The molecule has 5 nitrogen and oxygen atoms in total. The second-order valence-corrected chi connectivity index (χ2v) is 3.97. The number of amides is 2. The number of phenolic OH excluding ortho intramolecular Hbond substituents is 1. The second-order valence-electron chi connectivity index (χ2n) is 3.97. The molecule has 0 bridgehead atoms. The number of phenols is 1. The lowest BCUT2D eigenvalue weighted by Crippen LogP contribution is -2.50. The summed E-state index contributed by atoms with van der Waals surface area (Å²) in [6.45, 7) is 1.12. The van der Waals surface area contributed by atoms with Crippen LogP contribution < -0.4 is 5.32 Å². The molecule has 2 rings (SSSR count). The molecule has 1 saturated heterocycles. The minimum atomic E-state index is -0.138. The number of hydrogen-bond donors (Lipinski definition) is 2. The predicted octanol–water partition coefficient (Wildman–Crippen LogP) is -0.107. The van der Waals surface area contributed by atoms with Gasteiger partial charge < -0.3 is 15.3 Å². The van der Waals surface area contributed by atoms with Crippen LogP contribution in [0.1, 0.15) is 5.56 Å².